The van der Waals surface area contributed by atoms with E-state index >= 15 is 0 Å². The molecule has 0 aliphatic heterocycles. The van der Waals surface area contributed by atoms with Gasteiger partial charge in [0, 0.05) is 39.9 Å². The summed E-state index contributed by atoms with van der Waals surface area (Å²) in [6.45, 7) is 13.6. The summed E-state index contributed by atoms with van der Waals surface area (Å²) in [6, 6.07) is 0. The Morgan fingerprint density at radius 3 is 2.46 bits per heavy atom. The van der Waals surface area contributed by atoms with Crippen LogP contribution in [0.25, 0.3) is 0 Å². The van der Waals surface area contributed by atoms with E-state index < -0.39 is 0 Å². The number of guanidine groups is 1. The lowest BCUT2D eigenvalue weighted by Crippen LogP contribution is -2.42. The number of aliphatic imine (C=N–C) groups is 1. The van der Waals surface area contributed by atoms with Gasteiger partial charge >= 0.3 is 0 Å². The summed E-state index contributed by atoms with van der Waals surface area (Å²) < 4.78 is 5.32. The molecule has 1 aliphatic carbocycles. The maximum atomic E-state index is 5.32. The molecule has 5 nitrogen and oxygen atoms in total. The molecule has 1 saturated carbocycles. The molecule has 0 aromatic carbocycles. The number of ether oxygens (including phenoxy) is 1. The molecule has 24 heavy (non-hydrogen) atoms. The Labute approximate surface area is 149 Å². The Morgan fingerprint density at radius 1 is 1.12 bits per heavy atom. The maximum absolute atomic E-state index is 5.32. The van der Waals surface area contributed by atoms with Crippen molar-refractivity contribution in [2.45, 2.75) is 59.3 Å². The average molecular weight is 341 g/mol. The van der Waals surface area contributed by atoms with E-state index in [1.165, 1.54) is 38.6 Å². The van der Waals surface area contributed by atoms with Crippen LogP contribution in [0, 0.1) is 5.41 Å². The van der Waals surface area contributed by atoms with Gasteiger partial charge in [0.2, 0.25) is 0 Å². The Bertz CT molecular complexity index is 340. The van der Waals surface area contributed by atoms with Gasteiger partial charge < -0.3 is 20.3 Å². The molecule has 0 aromatic heterocycles. The predicted molar refractivity (Wildman–Crippen MR) is 104 cm³/mol. The van der Waals surface area contributed by atoms with Crippen LogP contribution in [0.2, 0.25) is 0 Å². The lowest BCUT2D eigenvalue weighted by atomic mass is 9.83. The number of rotatable bonds is 12. The highest BCUT2D eigenvalue weighted by Gasteiger charge is 2.33. The Balaban J connectivity index is 2.50. The Morgan fingerprint density at radius 2 is 1.88 bits per heavy atom. The minimum Gasteiger partial charge on any atom is -0.385 e. The van der Waals surface area contributed by atoms with E-state index in [4.69, 9.17) is 9.73 Å². The molecule has 0 aromatic rings. The highest BCUT2D eigenvalue weighted by molar-refractivity contribution is 5.79. The lowest BCUT2D eigenvalue weighted by Gasteiger charge is -2.27. The zero-order valence-corrected chi connectivity index (χ0v) is 16.5. The first-order valence-electron chi connectivity index (χ1n) is 9.93. The van der Waals surface area contributed by atoms with Crippen molar-refractivity contribution in [3.8, 4) is 0 Å². The molecular formula is C19H40N4O. The van der Waals surface area contributed by atoms with Crippen LogP contribution in [0.4, 0.5) is 0 Å². The molecule has 0 saturated heterocycles. The van der Waals surface area contributed by atoms with Crippen LogP contribution in [0.1, 0.15) is 59.3 Å². The van der Waals surface area contributed by atoms with E-state index in [-0.39, 0.29) is 0 Å². The van der Waals surface area contributed by atoms with Gasteiger partial charge in [0.05, 0.1) is 0 Å². The van der Waals surface area contributed by atoms with Crippen molar-refractivity contribution in [1.82, 2.24) is 15.5 Å². The smallest absolute Gasteiger partial charge is 0.191 e. The minimum atomic E-state index is 0.357. The SMILES string of the molecule is CCCN(CC)CCNC(=NCC1(CCOC)CCCC1)NCC. The normalized spacial score (nSPS) is 17.5. The molecule has 1 fully saturated rings. The van der Waals surface area contributed by atoms with E-state index in [0.29, 0.717) is 5.41 Å². The number of methoxy groups -OCH3 is 1. The molecule has 5 heteroatoms. The summed E-state index contributed by atoms with van der Waals surface area (Å²) >= 11 is 0. The zero-order valence-electron chi connectivity index (χ0n) is 16.5. The van der Waals surface area contributed by atoms with Gasteiger partial charge in [0.25, 0.3) is 0 Å². The van der Waals surface area contributed by atoms with Gasteiger partial charge in [-0.3, -0.25) is 4.99 Å². The molecule has 0 bridgehead atoms. The van der Waals surface area contributed by atoms with Crippen LogP contribution < -0.4 is 10.6 Å². The predicted octanol–water partition coefficient (Wildman–Crippen LogP) is 2.87. The second kappa shape index (κ2) is 12.5. The molecule has 2 N–H and O–H groups in total. The molecule has 0 spiro atoms. The van der Waals surface area contributed by atoms with Gasteiger partial charge in [-0.15, -0.1) is 0 Å². The van der Waals surface area contributed by atoms with Crippen LogP contribution >= 0.6 is 0 Å². The first kappa shape index (κ1) is 21.2. The number of hydrogen-bond donors (Lipinski definition) is 2. The Hall–Kier alpha value is -0.810. The summed E-state index contributed by atoms with van der Waals surface area (Å²) in [4.78, 5) is 7.39. The van der Waals surface area contributed by atoms with Crippen molar-refractivity contribution in [3.63, 3.8) is 0 Å². The summed E-state index contributed by atoms with van der Waals surface area (Å²) in [6.07, 6.45) is 7.60. The van der Waals surface area contributed by atoms with E-state index in [0.717, 1.165) is 51.7 Å². The van der Waals surface area contributed by atoms with Gasteiger partial charge in [-0.1, -0.05) is 26.7 Å². The van der Waals surface area contributed by atoms with Crippen molar-refractivity contribution in [2.24, 2.45) is 10.4 Å². The van der Waals surface area contributed by atoms with Gasteiger partial charge in [-0.2, -0.15) is 0 Å². The summed E-state index contributed by atoms with van der Waals surface area (Å²) in [5.41, 5.74) is 0.357. The van der Waals surface area contributed by atoms with Gasteiger partial charge in [-0.25, -0.2) is 0 Å². The summed E-state index contributed by atoms with van der Waals surface area (Å²) in [5, 5.41) is 6.90. The fourth-order valence-corrected chi connectivity index (χ4v) is 3.60. The molecule has 142 valence electrons. The van der Waals surface area contributed by atoms with E-state index in [1.807, 2.05) is 0 Å². The molecule has 1 aliphatic rings. The number of hydrogen-bond acceptors (Lipinski definition) is 3. The molecule has 0 atom stereocenters. The molecule has 0 radical (unpaired) electrons. The largest absolute Gasteiger partial charge is 0.385 e. The molecular weight excluding hydrogens is 300 g/mol. The third kappa shape index (κ3) is 7.84. The fraction of sp³-hybridized carbons (Fsp3) is 0.947. The highest BCUT2D eigenvalue weighted by atomic mass is 16.5. The fourth-order valence-electron chi connectivity index (χ4n) is 3.60. The second-order valence-corrected chi connectivity index (χ2v) is 7.01. The molecule has 0 amide bonds. The molecule has 0 unspecified atom stereocenters. The third-order valence-electron chi connectivity index (χ3n) is 5.13. The summed E-state index contributed by atoms with van der Waals surface area (Å²) in [5.74, 6) is 0.966. The maximum Gasteiger partial charge on any atom is 0.191 e. The Kier molecular flexibility index (Phi) is 11.1. The van der Waals surface area contributed by atoms with Crippen molar-refractivity contribution in [3.05, 3.63) is 0 Å². The quantitative estimate of drug-likeness (QED) is 0.424. The third-order valence-corrected chi connectivity index (χ3v) is 5.13. The average Bonchev–Trinajstić information content (AvgIpc) is 3.06. The van der Waals surface area contributed by atoms with Crippen LogP contribution in [-0.2, 0) is 4.74 Å². The van der Waals surface area contributed by atoms with Gasteiger partial charge in [0.15, 0.2) is 5.96 Å². The number of nitrogens with zero attached hydrogens (tertiary/aromatic N) is 2. The van der Waals surface area contributed by atoms with Gasteiger partial charge in [-0.05, 0) is 51.1 Å². The van der Waals surface area contributed by atoms with Crippen LogP contribution in [0.5, 0.6) is 0 Å². The lowest BCUT2D eigenvalue weighted by molar-refractivity contribution is 0.141. The number of likely N-dealkylation sites (N-methyl/N-ethyl adjacent to an activating group) is 1. The van der Waals surface area contributed by atoms with Crippen LogP contribution in [0.15, 0.2) is 4.99 Å². The first-order valence-corrected chi connectivity index (χ1v) is 9.93. The highest BCUT2D eigenvalue weighted by Crippen LogP contribution is 2.41. The number of nitrogens with one attached hydrogen (secondary N) is 2. The monoisotopic (exact) mass is 340 g/mol. The zero-order chi connectivity index (χ0) is 17.7. The van der Waals surface area contributed by atoms with Crippen molar-refractivity contribution < 1.29 is 4.74 Å². The van der Waals surface area contributed by atoms with E-state index in [1.54, 1.807) is 7.11 Å². The van der Waals surface area contributed by atoms with Crippen molar-refractivity contribution >= 4 is 5.96 Å². The van der Waals surface area contributed by atoms with E-state index in [9.17, 15) is 0 Å². The van der Waals surface area contributed by atoms with Crippen molar-refractivity contribution in [1.29, 1.82) is 0 Å². The van der Waals surface area contributed by atoms with Crippen LogP contribution in [-0.4, -0.2) is 63.8 Å². The first-order chi connectivity index (χ1) is 11.7. The van der Waals surface area contributed by atoms with Crippen molar-refractivity contribution in [2.75, 3.05) is 53.0 Å². The standard InChI is InChI=1S/C19H40N4O/c1-5-14-23(7-3)15-13-21-18(20-6-2)22-17-19(12-16-24-4)10-8-9-11-19/h5-17H2,1-4H3,(H2,20,21,22). The summed E-state index contributed by atoms with van der Waals surface area (Å²) in [7, 11) is 1.80. The molecule has 1 rings (SSSR count). The second-order valence-electron chi connectivity index (χ2n) is 7.01. The van der Waals surface area contributed by atoms with Crippen LogP contribution in [0.3, 0.4) is 0 Å². The van der Waals surface area contributed by atoms with E-state index in [2.05, 4.69) is 36.3 Å². The topological polar surface area (TPSA) is 48.9 Å². The van der Waals surface area contributed by atoms with Gasteiger partial charge in [0.1, 0.15) is 0 Å². The minimum absolute atomic E-state index is 0.357. The molecule has 0 heterocycles.